The minimum atomic E-state index is -0.704. The van der Waals surface area contributed by atoms with Crippen molar-refractivity contribution in [3.8, 4) is 11.5 Å². The number of nitrogens with zero attached hydrogens (tertiary/aromatic N) is 1. The molecule has 7 nitrogen and oxygen atoms in total. The van der Waals surface area contributed by atoms with Crippen molar-refractivity contribution in [2.75, 3.05) is 20.3 Å². The summed E-state index contributed by atoms with van der Waals surface area (Å²) >= 11 is 0. The van der Waals surface area contributed by atoms with E-state index in [-0.39, 0.29) is 23.5 Å². The van der Waals surface area contributed by atoms with E-state index in [1.165, 1.54) is 7.11 Å². The molecule has 0 radical (unpaired) electrons. The predicted molar refractivity (Wildman–Crippen MR) is 94.6 cm³/mol. The summed E-state index contributed by atoms with van der Waals surface area (Å²) in [6.07, 6.45) is 3.91. The number of aliphatic hydroxyl groups is 1. The standard InChI is InChI=1S/C20H23NO6/c1-3-25-19(23)21-9-8-20-12-5-6-14(22)18(20)26-17-15(27-24-2)7-4-11(16(17)20)10-13(12)21/h4-7,12-14,18,22H,3,8-10H2,1-2H3/t12-,13+,14-,18-,20-/m0/s1. The molecule has 0 aromatic heterocycles. The molecule has 2 aliphatic carbocycles. The van der Waals surface area contributed by atoms with E-state index in [9.17, 15) is 9.90 Å². The fraction of sp³-hybridized carbons (Fsp3) is 0.550. The average Bonchev–Trinajstić information content (AvgIpc) is 3.00. The number of piperidine rings is 1. The molecule has 1 N–H and O–H groups in total. The van der Waals surface area contributed by atoms with Crippen LogP contribution in [0.15, 0.2) is 24.3 Å². The van der Waals surface area contributed by atoms with Crippen molar-refractivity contribution >= 4 is 6.09 Å². The van der Waals surface area contributed by atoms with Crippen LogP contribution in [-0.4, -0.2) is 54.6 Å². The molecule has 0 saturated carbocycles. The van der Waals surface area contributed by atoms with Crippen LogP contribution >= 0.6 is 0 Å². The summed E-state index contributed by atoms with van der Waals surface area (Å²) in [6.45, 7) is 2.76. The van der Waals surface area contributed by atoms with Gasteiger partial charge in [0.2, 0.25) is 5.75 Å². The molecule has 1 aromatic rings. The molecule has 7 heteroatoms. The summed E-state index contributed by atoms with van der Waals surface area (Å²) in [5.74, 6) is 1.25. The Hall–Kier alpha value is -2.25. The van der Waals surface area contributed by atoms with E-state index in [0.717, 1.165) is 17.5 Å². The number of benzene rings is 1. The normalized spacial score (nSPS) is 34.7. The third-order valence-corrected chi connectivity index (χ3v) is 6.53. The van der Waals surface area contributed by atoms with E-state index in [1.54, 1.807) is 6.08 Å². The van der Waals surface area contributed by atoms with Crippen LogP contribution in [0.5, 0.6) is 11.5 Å². The molecule has 4 aliphatic rings. The van der Waals surface area contributed by atoms with Gasteiger partial charge >= 0.3 is 6.09 Å². The number of carbonyl (C=O) groups is 1. The van der Waals surface area contributed by atoms with E-state index < -0.39 is 12.2 Å². The lowest BCUT2D eigenvalue weighted by atomic mass is 9.53. The SMILES string of the molecule is CCOC(=O)N1CC[C@]23c4c5ccc(OOC)c4O[C@H]2[C@@H](O)C=C[C@H]3[C@H]1C5. The van der Waals surface area contributed by atoms with Crippen molar-refractivity contribution in [2.24, 2.45) is 5.92 Å². The van der Waals surface area contributed by atoms with Gasteiger partial charge in [-0.05, 0) is 31.4 Å². The molecule has 2 aliphatic heterocycles. The Labute approximate surface area is 157 Å². The molecule has 1 saturated heterocycles. The Morgan fingerprint density at radius 3 is 3.04 bits per heavy atom. The number of carbonyl (C=O) groups excluding carboxylic acids is 1. The topological polar surface area (TPSA) is 77.5 Å². The van der Waals surface area contributed by atoms with Crippen LogP contribution in [0.2, 0.25) is 0 Å². The third kappa shape index (κ3) is 2.07. The Kier molecular flexibility index (Phi) is 3.67. The lowest BCUT2D eigenvalue weighted by molar-refractivity contribution is -0.179. The van der Waals surface area contributed by atoms with Crippen LogP contribution < -0.4 is 9.62 Å². The second kappa shape index (κ2) is 5.87. The van der Waals surface area contributed by atoms with Gasteiger partial charge in [-0.2, -0.15) is 4.89 Å². The Morgan fingerprint density at radius 2 is 2.26 bits per heavy atom. The number of rotatable bonds is 3. The lowest BCUT2D eigenvalue weighted by Gasteiger charge is -2.56. The molecule has 0 unspecified atom stereocenters. The fourth-order valence-electron chi connectivity index (χ4n) is 5.63. The van der Waals surface area contributed by atoms with Crippen LogP contribution in [0.3, 0.4) is 0 Å². The predicted octanol–water partition coefficient (Wildman–Crippen LogP) is 1.96. The summed E-state index contributed by atoms with van der Waals surface area (Å²) in [4.78, 5) is 24.6. The fourth-order valence-corrected chi connectivity index (χ4v) is 5.63. The number of hydrogen-bond acceptors (Lipinski definition) is 6. The maximum atomic E-state index is 12.5. The molecule has 5 rings (SSSR count). The first-order chi connectivity index (χ1) is 13.1. The summed E-state index contributed by atoms with van der Waals surface area (Å²) in [6, 6.07) is 3.83. The van der Waals surface area contributed by atoms with Crippen molar-refractivity contribution in [3.05, 3.63) is 35.4 Å². The zero-order valence-electron chi connectivity index (χ0n) is 15.4. The van der Waals surface area contributed by atoms with Crippen molar-refractivity contribution in [1.29, 1.82) is 0 Å². The maximum Gasteiger partial charge on any atom is 0.410 e. The second-order valence-electron chi connectivity index (χ2n) is 7.57. The number of ether oxygens (including phenoxy) is 2. The van der Waals surface area contributed by atoms with Gasteiger partial charge in [0.25, 0.3) is 0 Å². The van der Waals surface area contributed by atoms with Gasteiger partial charge in [0.05, 0.1) is 13.7 Å². The van der Waals surface area contributed by atoms with E-state index in [2.05, 4.69) is 6.08 Å². The number of hydrogen-bond donors (Lipinski definition) is 1. The van der Waals surface area contributed by atoms with Crippen molar-refractivity contribution < 1.29 is 29.1 Å². The average molecular weight is 373 g/mol. The molecule has 5 atom stereocenters. The van der Waals surface area contributed by atoms with Crippen molar-refractivity contribution in [3.63, 3.8) is 0 Å². The molecule has 1 fully saturated rings. The summed E-state index contributed by atoms with van der Waals surface area (Å²) < 4.78 is 11.6. The first kappa shape index (κ1) is 16.9. The van der Waals surface area contributed by atoms with Crippen LogP contribution in [0.4, 0.5) is 4.79 Å². The van der Waals surface area contributed by atoms with Gasteiger partial charge in [0.15, 0.2) is 5.75 Å². The van der Waals surface area contributed by atoms with Gasteiger partial charge in [-0.15, -0.1) is 0 Å². The minimum absolute atomic E-state index is 0.0136. The van der Waals surface area contributed by atoms with Crippen LogP contribution in [0.1, 0.15) is 24.5 Å². The van der Waals surface area contributed by atoms with Crippen LogP contribution in [0.25, 0.3) is 0 Å². The van der Waals surface area contributed by atoms with Gasteiger partial charge in [-0.25, -0.2) is 4.79 Å². The first-order valence-corrected chi connectivity index (χ1v) is 9.45. The van der Waals surface area contributed by atoms with Crippen molar-refractivity contribution in [1.82, 2.24) is 4.90 Å². The zero-order chi connectivity index (χ0) is 18.8. The summed E-state index contributed by atoms with van der Waals surface area (Å²) in [5.41, 5.74) is 1.88. The van der Waals surface area contributed by atoms with Gasteiger partial charge in [-0.3, -0.25) is 0 Å². The summed E-state index contributed by atoms with van der Waals surface area (Å²) in [7, 11) is 1.46. The number of likely N-dealkylation sites (tertiary alicyclic amines) is 1. The van der Waals surface area contributed by atoms with E-state index in [4.69, 9.17) is 19.2 Å². The molecule has 1 aromatic carbocycles. The highest BCUT2D eigenvalue weighted by Crippen LogP contribution is 2.62. The van der Waals surface area contributed by atoms with E-state index in [0.29, 0.717) is 31.1 Å². The van der Waals surface area contributed by atoms with Gasteiger partial charge in [0, 0.05) is 29.5 Å². The van der Waals surface area contributed by atoms with Crippen LogP contribution in [-0.2, 0) is 21.5 Å². The van der Waals surface area contributed by atoms with Crippen LogP contribution in [0, 0.1) is 5.92 Å². The summed E-state index contributed by atoms with van der Waals surface area (Å²) in [5, 5.41) is 10.7. The monoisotopic (exact) mass is 373 g/mol. The molecular weight excluding hydrogens is 350 g/mol. The molecule has 1 spiro atoms. The highest BCUT2D eigenvalue weighted by atomic mass is 17.2. The smallest absolute Gasteiger partial charge is 0.410 e. The molecule has 1 amide bonds. The lowest BCUT2D eigenvalue weighted by Crippen LogP contribution is -2.66. The van der Waals surface area contributed by atoms with Gasteiger partial charge in [-0.1, -0.05) is 18.2 Å². The van der Waals surface area contributed by atoms with Gasteiger partial charge in [0.1, 0.15) is 12.2 Å². The quantitative estimate of drug-likeness (QED) is 0.496. The van der Waals surface area contributed by atoms with Crippen molar-refractivity contribution in [2.45, 2.75) is 43.4 Å². The molecule has 2 heterocycles. The molecule has 27 heavy (non-hydrogen) atoms. The Bertz CT molecular complexity index is 823. The highest BCUT2D eigenvalue weighted by molar-refractivity contribution is 5.70. The third-order valence-electron chi connectivity index (χ3n) is 6.53. The van der Waals surface area contributed by atoms with E-state index >= 15 is 0 Å². The highest BCUT2D eigenvalue weighted by Gasteiger charge is 2.65. The maximum absolute atomic E-state index is 12.5. The van der Waals surface area contributed by atoms with Gasteiger partial charge < -0.3 is 24.4 Å². The zero-order valence-corrected chi connectivity index (χ0v) is 15.4. The Balaban J connectivity index is 1.67. The largest absolute Gasteiger partial charge is 0.482 e. The molecule has 144 valence electrons. The molecule has 2 bridgehead atoms. The number of aliphatic hydroxyl groups excluding tert-OH is 1. The number of amides is 1. The molecular formula is C20H23NO6. The second-order valence-corrected chi connectivity index (χ2v) is 7.57. The van der Waals surface area contributed by atoms with E-state index in [1.807, 2.05) is 24.0 Å². The minimum Gasteiger partial charge on any atom is -0.482 e. The first-order valence-electron chi connectivity index (χ1n) is 9.45. The Morgan fingerprint density at radius 1 is 1.41 bits per heavy atom.